The summed E-state index contributed by atoms with van der Waals surface area (Å²) >= 11 is 3.37. The van der Waals surface area contributed by atoms with Gasteiger partial charge in [0.2, 0.25) is 0 Å². The van der Waals surface area contributed by atoms with Gasteiger partial charge in [-0.1, -0.05) is 46.3 Å². The Labute approximate surface area is 126 Å². The Morgan fingerprint density at radius 3 is 2.35 bits per heavy atom. The molecule has 0 atom stereocenters. The number of nitrogens with one attached hydrogen (secondary N) is 2. The topological polar surface area (TPSA) is 53.5 Å². The Hall–Kier alpha value is -2.14. The molecule has 2 amide bonds. The Morgan fingerprint density at radius 1 is 1.05 bits per heavy atom. The minimum atomic E-state index is -0.368. The van der Waals surface area contributed by atoms with Crippen LogP contribution in [0.4, 0.5) is 10.5 Å². The predicted octanol–water partition coefficient (Wildman–Crippen LogP) is 3.99. The first-order valence-corrected chi connectivity index (χ1v) is 6.87. The van der Waals surface area contributed by atoms with Crippen LogP contribution in [-0.2, 0) is 0 Å². The molecule has 0 aliphatic carbocycles. The number of hydrazone groups is 1. The molecule has 0 aromatic heterocycles. The van der Waals surface area contributed by atoms with E-state index in [1.807, 2.05) is 61.5 Å². The molecule has 0 fully saturated rings. The van der Waals surface area contributed by atoms with Crippen LogP contribution in [0.2, 0.25) is 0 Å². The first kappa shape index (κ1) is 14.3. The van der Waals surface area contributed by atoms with Gasteiger partial charge in [0.25, 0.3) is 0 Å². The highest BCUT2D eigenvalue weighted by Gasteiger charge is 2.01. The van der Waals surface area contributed by atoms with E-state index in [2.05, 4.69) is 31.8 Å². The summed E-state index contributed by atoms with van der Waals surface area (Å²) in [5, 5.41) is 6.75. The second-order valence-corrected chi connectivity index (χ2v) is 5.05. The molecule has 0 radical (unpaired) electrons. The van der Waals surface area contributed by atoms with Crippen molar-refractivity contribution in [1.82, 2.24) is 5.43 Å². The van der Waals surface area contributed by atoms with Crippen molar-refractivity contribution in [1.29, 1.82) is 0 Å². The lowest BCUT2D eigenvalue weighted by atomic mass is 10.1. The largest absolute Gasteiger partial charge is 0.339 e. The molecular weight excluding hydrogens is 318 g/mol. The third-order valence-corrected chi connectivity index (χ3v) is 3.15. The molecule has 0 saturated carbocycles. The third kappa shape index (κ3) is 4.20. The second-order valence-electron chi connectivity index (χ2n) is 4.14. The van der Waals surface area contributed by atoms with Crippen LogP contribution in [0.15, 0.2) is 64.2 Å². The summed E-state index contributed by atoms with van der Waals surface area (Å²) in [6.07, 6.45) is 0. The number of urea groups is 1. The number of carbonyl (C=O) groups excluding carboxylic acids is 1. The van der Waals surface area contributed by atoms with E-state index in [1.165, 1.54) is 0 Å². The van der Waals surface area contributed by atoms with Crippen molar-refractivity contribution < 1.29 is 4.79 Å². The Bertz CT molecular complexity index is 609. The number of benzene rings is 2. The van der Waals surface area contributed by atoms with E-state index in [1.54, 1.807) is 0 Å². The summed E-state index contributed by atoms with van der Waals surface area (Å²) in [6.45, 7) is 1.84. The summed E-state index contributed by atoms with van der Waals surface area (Å²) in [5.74, 6) is 0. The number of para-hydroxylation sites is 1. The van der Waals surface area contributed by atoms with Gasteiger partial charge in [-0.25, -0.2) is 10.2 Å². The molecule has 0 saturated heterocycles. The van der Waals surface area contributed by atoms with Gasteiger partial charge in [0.05, 0.1) is 5.71 Å². The second kappa shape index (κ2) is 6.86. The summed E-state index contributed by atoms with van der Waals surface area (Å²) in [6, 6.07) is 16.6. The van der Waals surface area contributed by atoms with E-state index in [0.717, 1.165) is 21.4 Å². The molecule has 4 nitrogen and oxygen atoms in total. The maximum absolute atomic E-state index is 11.7. The lowest BCUT2D eigenvalue weighted by molar-refractivity contribution is 0.252. The van der Waals surface area contributed by atoms with Gasteiger partial charge in [0.15, 0.2) is 0 Å². The molecule has 20 heavy (non-hydrogen) atoms. The van der Waals surface area contributed by atoms with E-state index in [9.17, 15) is 4.79 Å². The normalized spacial score (nSPS) is 11.0. The zero-order valence-corrected chi connectivity index (χ0v) is 12.5. The fraction of sp³-hybridized carbons (Fsp3) is 0.0667. The van der Waals surface area contributed by atoms with Gasteiger partial charge in [-0.05, 0) is 36.8 Å². The number of anilines is 1. The number of hydrogen-bond acceptors (Lipinski definition) is 2. The smallest absolute Gasteiger partial charge is 0.307 e. The Morgan fingerprint density at radius 2 is 1.70 bits per heavy atom. The number of halogens is 1. The van der Waals surface area contributed by atoms with Gasteiger partial charge >= 0.3 is 6.03 Å². The van der Waals surface area contributed by atoms with Crippen LogP contribution < -0.4 is 10.7 Å². The minimum absolute atomic E-state index is 0.368. The lowest BCUT2D eigenvalue weighted by Crippen LogP contribution is -2.25. The minimum Gasteiger partial charge on any atom is -0.307 e. The van der Waals surface area contributed by atoms with Gasteiger partial charge in [0, 0.05) is 10.2 Å². The maximum Gasteiger partial charge on any atom is 0.339 e. The fourth-order valence-corrected chi connectivity index (χ4v) is 1.84. The van der Waals surface area contributed by atoms with Crippen molar-refractivity contribution in [2.45, 2.75) is 6.92 Å². The number of rotatable bonds is 3. The van der Waals surface area contributed by atoms with Gasteiger partial charge in [-0.3, -0.25) is 0 Å². The summed E-state index contributed by atoms with van der Waals surface area (Å²) < 4.78 is 1.00. The third-order valence-electron chi connectivity index (χ3n) is 2.62. The maximum atomic E-state index is 11.7. The van der Waals surface area contributed by atoms with E-state index in [4.69, 9.17) is 0 Å². The van der Waals surface area contributed by atoms with Crippen molar-refractivity contribution in [3.05, 3.63) is 64.6 Å². The summed E-state index contributed by atoms with van der Waals surface area (Å²) in [7, 11) is 0. The summed E-state index contributed by atoms with van der Waals surface area (Å²) in [5.41, 5.74) is 4.88. The van der Waals surface area contributed by atoms with Crippen LogP contribution in [0.3, 0.4) is 0 Å². The number of hydrogen-bond donors (Lipinski definition) is 2. The average molecular weight is 332 g/mol. The molecule has 2 aromatic rings. The Kier molecular flexibility index (Phi) is 4.90. The quantitative estimate of drug-likeness (QED) is 0.648. The van der Waals surface area contributed by atoms with Crippen LogP contribution in [0.5, 0.6) is 0 Å². The van der Waals surface area contributed by atoms with Crippen LogP contribution in [0, 0.1) is 0 Å². The van der Waals surface area contributed by atoms with E-state index in [-0.39, 0.29) is 6.03 Å². The van der Waals surface area contributed by atoms with E-state index >= 15 is 0 Å². The fourth-order valence-electron chi connectivity index (χ4n) is 1.57. The van der Waals surface area contributed by atoms with Crippen LogP contribution in [-0.4, -0.2) is 11.7 Å². The molecule has 0 bridgehead atoms. The molecule has 2 N–H and O–H groups in total. The highest BCUT2D eigenvalue weighted by atomic mass is 79.9. The zero-order chi connectivity index (χ0) is 14.4. The molecule has 2 aromatic carbocycles. The average Bonchev–Trinajstić information content (AvgIpc) is 2.46. The number of amides is 2. The lowest BCUT2D eigenvalue weighted by Gasteiger charge is -2.05. The Balaban J connectivity index is 1.95. The molecule has 0 aliphatic heterocycles. The molecule has 5 heteroatoms. The highest BCUT2D eigenvalue weighted by Crippen LogP contribution is 2.11. The van der Waals surface area contributed by atoms with Crippen molar-refractivity contribution in [2.24, 2.45) is 5.10 Å². The highest BCUT2D eigenvalue weighted by molar-refractivity contribution is 9.10. The molecule has 2 rings (SSSR count). The van der Waals surface area contributed by atoms with Crippen molar-refractivity contribution >= 4 is 33.4 Å². The van der Waals surface area contributed by atoms with Crippen molar-refractivity contribution in [3.8, 4) is 0 Å². The monoisotopic (exact) mass is 331 g/mol. The van der Waals surface area contributed by atoms with Gasteiger partial charge < -0.3 is 5.32 Å². The van der Waals surface area contributed by atoms with Crippen LogP contribution >= 0.6 is 15.9 Å². The van der Waals surface area contributed by atoms with Crippen molar-refractivity contribution in [2.75, 3.05) is 5.32 Å². The van der Waals surface area contributed by atoms with E-state index < -0.39 is 0 Å². The standard InChI is InChI=1S/C15H14BrN3O/c1-11(12-7-9-13(16)10-8-12)18-19-15(20)17-14-5-3-2-4-6-14/h2-10H,1H3,(H2,17,19,20). The molecule has 0 unspecified atom stereocenters. The molecule has 0 heterocycles. The van der Waals surface area contributed by atoms with E-state index in [0.29, 0.717) is 0 Å². The van der Waals surface area contributed by atoms with Gasteiger partial charge in [-0.2, -0.15) is 5.10 Å². The number of nitrogens with zero attached hydrogens (tertiary/aromatic N) is 1. The number of carbonyl (C=O) groups is 1. The first-order valence-electron chi connectivity index (χ1n) is 6.07. The molecule has 0 spiro atoms. The van der Waals surface area contributed by atoms with Crippen molar-refractivity contribution in [3.63, 3.8) is 0 Å². The SMILES string of the molecule is CC(=NNC(=O)Nc1ccccc1)c1ccc(Br)cc1. The van der Waals surface area contributed by atoms with Gasteiger partial charge in [0.1, 0.15) is 0 Å². The molecule has 0 aliphatic rings. The predicted molar refractivity (Wildman–Crippen MR) is 84.9 cm³/mol. The molecule has 102 valence electrons. The summed E-state index contributed by atoms with van der Waals surface area (Å²) in [4.78, 5) is 11.7. The van der Waals surface area contributed by atoms with Crippen LogP contribution in [0.1, 0.15) is 12.5 Å². The van der Waals surface area contributed by atoms with Gasteiger partial charge in [-0.15, -0.1) is 0 Å². The zero-order valence-electron chi connectivity index (χ0n) is 10.9. The van der Waals surface area contributed by atoms with Crippen LogP contribution in [0.25, 0.3) is 0 Å². The first-order chi connectivity index (χ1) is 9.65. The molecular formula is C15H14BrN3O.